The van der Waals surface area contributed by atoms with Gasteiger partial charge in [-0.15, -0.1) is 0 Å². The Balaban J connectivity index is 0.000000387. The molecule has 3 aromatic rings. The van der Waals surface area contributed by atoms with Crippen LogP contribution in [0.15, 0.2) is 42.7 Å². The van der Waals surface area contributed by atoms with Gasteiger partial charge in [-0.1, -0.05) is 38.8 Å². The molecule has 0 saturated carbocycles. The number of hydrogen-bond donors (Lipinski definition) is 5. The molecule has 3 rings (SSSR count). The lowest BCUT2D eigenvalue weighted by Crippen LogP contribution is -2.15. The van der Waals surface area contributed by atoms with E-state index in [2.05, 4.69) is 39.5 Å². The summed E-state index contributed by atoms with van der Waals surface area (Å²) in [6.07, 6.45) is 8.90. The highest BCUT2D eigenvalue weighted by atomic mass is 16.5. The summed E-state index contributed by atoms with van der Waals surface area (Å²) < 4.78 is 5.69. The van der Waals surface area contributed by atoms with Gasteiger partial charge in [-0.25, -0.2) is 10.8 Å². The molecule has 0 spiro atoms. The smallest absolute Gasteiger partial charge is 0.169 e. The molecule has 9 heteroatoms. The van der Waals surface area contributed by atoms with Crippen LogP contribution in [0, 0.1) is 6.92 Å². The molecule has 3 heterocycles. The Kier molecular flexibility index (Phi) is 11.6. The fourth-order valence-electron chi connectivity index (χ4n) is 3.05. The molecule has 0 aromatic carbocycles. The van der Waals surface area contributed by atoms with Crippen LogP contribution in [0.1, 0.15) is 50.9 Å². The van der Waals surface area contributed by atoms with Crippen molar-refractivity contribution >= 4 is 17.3 Å². The van der Waals surface area contributed by atoms with Crippen molar-refractivity contribution in [1.29, 1.82) is 0 Å². The molecule has 0 amide bonds. The third kappa shape index (κ3) is 8.84. The summed E-state index contributed by atoms with van der Waals surface area (Å²) in [4.78, 5) is 12.7. The van der Waals surface area contributed by atoms with Gasteiger partial charge in [0.05, 0.1) is 5.69 Å². The molecular weight excluding hydrogens is 428 g/mol. The van der Waals surface area contributed by atoms with E-state index in [-0.39, 0.29) is 18.2 Å². The number of pyridine rings is 3. The minimum atomic E-state index is 0.240. The number of nitrogens with two attached hydrogens (primary N) is 3. The number of aromatic nitrogens is 3. The molecule has 184 valence electrons. The highest BCUT2D eigenvalue weighted by molar-refractivity contribution is 5.71. The molecule has 0 unspecified atom stereocenters. The zero-order chi connectivity index (χ0) is 24.8. The average molecular weight is 467 g/mol. The SMILES string of the molecule is CCCCCNCCC.Cc1ccc(-c2ccc(COc3cc(N)nc(NN)c3N)nc2)cn1. The van der Waals surface area contributed by atoms with Gasteiger partial charge < -0.3 is 26.9 Å². The Morgan fingerprint density at radius 3 is 2.24 bits per heavy atom. The second kappa shape index (κ2) is 14.7. The van der Waals surface area contributed by atoms with Gasteiger partial charge in [0.2, 0.25) is 0 Å². The van der Waals surface area contributed by atoms with Crippen LogP contribution < -0.4 is 32.8 Å². The largest absolute Gasteiger partial charge is 0.485 e. The van der Waals surface area contributed by atoms with Crippen molar-refractivity contribution in [3.8, 4) is 16.9 Å². The molecule has 9 nitrogen and oxygen atoms in total. The number of nitrogens with zero attached hydrogens (tertiary/aromatic N) is 3. The second-order valence-corrected chi connectivity index (χ2v) is 7.92. The summed E-state index contributed by atoms with van der Waals surface area (Å²) >= 11 is 0. The number of ether oxygens (including phenoxy) is 1. The standard InChI is InChI=1S/C17H19N7O.C8H19N/c1-10-2-3-11(7-21-10)12-4-5-13(22-8-12)9-25-14-6-15(18)23-17(24-20)16(14)19;1-3-5-6-8-9-7-4-2/h2-8H,9,19-20H2,1H3,(H3,18,23,24);9H,3-8H2,1-2H3. The fraction of sp³-hybridized carbons (Fsp3) is 0.400. The number of anilines is 3. The molecule has 0 atom stereocenters. The molecule has 0 aliphatic heterocycles. The van der Waals surface area contributed by atoms with Crippen LogP contribution in [-0.2, 0) is 6.61 Å². The fourth-order valence-corrected chi connectivity index (χ4v) is 3.05. The van der Waals surface area contributed by atoms with E-state index in [0.717, 1.165) is 22.5 Å². The summed E-state index contributed by atoms with van der Waals surface area (Å²) in [6.45, 7) is 9.02. The van der Waals surface area contributed by atoms with E-state index in [1.807, 2.05) is 37.4 Å². The Morgan fingerprint density at radius 1 is 0.912 bits per heavy atom. The first-order valence-electron chi connectivity index (χ1n) is 11.7. The van der Waals surface area contributed by atoms with Crippen LogP contribution in [0.4, 0.5) is 17.3 Å². The van der Waals surface area contributed by atoms with Crippen LogP contribution in [0.2, 0.25) is 0 Å². The number of hydrogen-bond acceptors (Lipinski definition) is 9. The molecule has 0 bridgehead atoms. The predicted molar refractivity (Wildman–Crippen MR) is 140 cm³/mol. The van der Waals surface area contributed by atoms with Gasteiger partial charge in [0.1, 0.15) is 23.9 Å². The monoisotopic (exact) mass is 466 g/mol. The van der Waals surface area contributed by atoms with Crippen molar-refractivity contribution in [1.82, 2.24) is 20.3 Å². The molecule has 8 N–H and O–H groups in total. The lowest BCUT2D eigenvalue weighted by atomic mass is 10.1. The number of hydrazine groups is 1. The van der Waals surface area contributed by atoms with E-state index >= 15 is 0 Å². The molecule has 0 aliphatic rings. The van der Waals surface area contributed by atoms with Crippen molar-refractivity contribution in [3.63, 3.8) is 0 Å². The summed E-state index contributed by atoms with van der Waals surface area (Å²) in [5.41, 5.74) is 18.0. The maximum Gasteiger partial charge on any atom is 0.169 e. The number of nitrogens with one attached hydrogen (secondary N) is 2. The topological polar surface area (TPSA) is 150 Å². The van der Waals surface area contributed by atoms with Gasteiger partial charge in [0, 0.05) is 35.3 Å². The van der Waals surface area contributed by atoms with E-state index in [0.29, 0.717) is 11.4 Å². The van der Waals surface area contributed by atoms with Crippen molar-refractivity contribution < 1.29 is 4.74 Å². The minimum Gasteiger partial charge on any atom is -0.485 e. The van der Waals surface area contributed by atoms with Gasteiger partial charge in [-0.3, -0.25) is 9.97 Å². The van der Waals surface area contributed by atoms with Crippen LogP contribution >= 0.6 is 0 Å². The number of aryl methyl sites for hydroxylation is 1. The highest BCUT2D eigenvalue weighted by Gasteiger charge is 2.10. The van der Waals surface area contributed by atoms with Gasteiger partial charge >= 0.3 is 0 Å². The maximum atomic E-state index is 5.93. The van der Waals surface area contributed by atoms with Gasteiger partial charge in [-0.2, -0.15) is 0 Å². The Hall–Kier alpha value is -3.43. The van der Waals surface area contributed by atoms with E-state index in [1.165, 1.54) is 38.8 Å². The predicted octanol–water partition coefficient (Wildman–Crippen LogP) is 4.05. The first-order valence-corrected chi connectivity index (χ1v) is 11.7. The third-order valence-corrected chi connectivity index (χ3v) is 5.01. The summed E-state index contributed by atoms with van der Waals surface area (Å²) in [5.74, 6) is 6.28. The molecule has 0 saturated heterocycles. The quantitative estimate of drug-likeness (QED) is 0.160. The highest BCUT2D eigenvalue weighted by Crippen LogP contribution is 2.30. The maximum absolute atomic E-state index is 5.93. The molecular formula is C25H38N8O. The van der Waals surface area contributed by atoms with Crippen molar-refractivity contribution in [2.45, 2.75) is 53.1 Å². The van der Waals surface area contributed by atoms with Crippen LogP contribution in [0.5, 0.6) is 5.75 Å². The first kappa shape index (κ1) is 26.8. The number of rotatable bonds is 11. The summed E-state index contributed by atoms with van der Waals surface area (Å²) in [6, 6.07) is 9.37. The summed E-state index contributed by atoms with van der Waals surface area (Å²) in [7, 11) is 0. The van der Waals surface area contributed by atoms with E-state index in [4.69, 9.17) is 22.0 Å². The zero-order valence-electron chi connectivity index (χ0n) is 20.5. The summed E-state index contributed by atoms with van der Waals surface area (Å²) in [5, 5.41) is 3.37. The van der Waals surface area contributed by atoms with Crippen LogP contribution in [0.3, 0.4) is 0 Å². The Labute approximate surface area is 202 Å². The molecule has 0 aliphatic carbocycles. The Morgan fingerprint density at radius 2 is 1.65 bits per heavy atom. The van der Waals surface area contributed by atoms with Crippen LogP contribution in [-0.4, -0.2) is 28.0 Å². The molecule has 3 aromatic heterocycles. The van der Waals surface area contributed by atoms with E-state index < -0.39 is 0 Å². The Bertz CT molecular complexity index is 971. The molecule has 34 heavy (non-hydrogen) atoms. The van der Waals surface area contributed by atoms with Crippen molar-refractivity contribution in [2.75, 3.05) is 30.0 Å². The van der Waals surface area contributed by atoms with Gasteiger partial charge in [0.25, 0.3) is 0 Å². The lowest BCUT2D eigenvalue weighted by molar-refractivity contribution is 0.303. The normalized spacial score (nSPS) is 10.4. The van der Waals surface area contributed by atoms with E-state index in [1.54, 1.807) is 12.3 Å². The number of nitrogen functional groups attached to an aromatic ring is 3. The van der Waals surface area contributed by atoms with Crippen molar-refractivity contribution in [3.05, 3.63) is 54.1 Å². The number of unbranched alkanes of at least 4 members (excludes halogenated alkanes) is 2. The first-order chi connectivity index (χ1) is 16.5. The van der Waals surface area contributed by atoms with Gasteiger partial charge in [0.15, 0.2) is 5.82 Å². The van der Waals surface area contributed by atoms with E-state index in [9.17, 15) is 0 Å². The lowest BCUT2D eigenvalue weighted by Gasteiger charge is -2.12. The van der Waals surface area contributed by atoms with Gasteiger partial charge in [-0.05, 0) is 45.0 Å². The second-order valence-electron chi connectivity index (χ2n) is 7.92. The zero-order valence-corrected chi connectivity index (χ0v) is 20.5. The minimum absolute atomic E-state index is 0.240. The average Bonchev–Trinajstić information content (AvgIpc) is 2.85. The molecule has 0 fully saturated rings. The van der Waals surface area contributed by atoms with Crippen LogP contribution in [0.25, 0.3) is 11.1 Å². The molecule has 0 radical (unpaired) electrons. The third-order valence-electron chi connectivity index (χ3n) is 5.01. The van der Waals surface area contributed by atoms with Crippen molar-refractivity contribution in [2.24, 2.45) is 5.84 Å².